The van der Waals surface area contributed by atoms with Crippen LogP contribution < -0.4 is 0 Å². The minimum absolute atomic E-state index is 0.300. The number of benzene rings is 5. The monoisotopic (exact) mass is 499 g/mol. The van der Waals surface area contributed by atoms with E-state index in [2.05, 4.69) is 54.6 Å². The zero-order valence-electron chi connectivity index (χ0n) is 22.2. The van der Waals surface area contributed by atoms with Gasteiger partial charge in [0.05, 0.1) is 5.71 Å². The molecule has 0 radical (unpaired) electrons. The molecule has 5 rings (SSSR count). The molecule has 1 atom stereocenters. The molecule has 3 nitrogen and oxygen atoms in total. The molecule has 38 heavy (non-hydrogen) atoms. The van der Waals surface area contributed by atoms with Gasteiger partial charge in [-0.1, -0.05) is 109 Å². The summed E-state index contributed by atoms with van der Waals surface area (Å²) in [6.45, 7) is 5.71. The highest BCUT2D eigenvalue weighted by atomic mass is 16.6. The van der Waals surface area contributed by atoms with Crippen LogP contribution in [0.1, 0.15) is 43.9 Å². The molecule has 0 fully saturated rings. The Morgan fingerprint density at radius 3 is 1.68 bits per heavy atom. The molecule has 0 N–H and O–H groups in total. The maximum absolute atomic E-state index is 13.6. The number of ether oxygens (including phenoxy) is 1. The van der Waals surface area contributed by atoms with Crippen molar-refractivity contribution in [1.29, 1.82) is 0 Å². The van der Waals surface area contributed by atoms with Crippen LogP contribution in [-0.2, 0) is 16.0 Å². The number of hydrogen-bond acceptors (Lipinski definition) is 3. The fourth-order valence-corrected chi connectivity index (χ4v) is 4.93. The van der Waals surface area contributed by atoms with Crippen molar-refractivity contribution in [3.63, 3.8) is 0 Å². The smallest absolute Gasteiger partial charge is 0.331 e. The number of esters is 1. The van der Waals surface area contributed by atoms with Gasteiger partial charge in [0.15, 0.2) is 0 Å². The largest absolute Gasteiger partial charge is 0.458 e. The Morgan fingerprint density at radius 2 is 1.18 bits per heavy atom. The first-order valence-electron chi connectivity index (χ1n) is 13.2. The van der Waals surface area contributed by atoms with Crippen molar-refractivity contribution in [2.45, 2.75) is 45.3 Å². The first-order valence-corrected chi connectivity index (χ1v) is 13.2. The standard InChI is InChI=1S/C35H33NO2/c1-35(2,3)38-34(37)32(36-33(25-14-6-4-7-15-25)26-16-8-5-9-17-26)23-22-31-29-20-12-10-18-27(29)24-28-19-11-13-21-30(28)31/h4-21,24,32H,22-23H2,1-3H3/t32-/m0/s1. The van der Waals surface area contributed by atoms with Crippen LogP contribution in [0.2, 0.25) is 0 Å². The molecule has 0 amide bonds. The highest BCUT2D eigenvalue weighted by Crippen LogP contribution is 2.30. The van der Waals surface area contributed by atoms with E-state index < -0.39 is 11.6 Å². The van der Waals surface area contributed by atoms with Gasteiger partial charge in [0.1, 0.15) is 11.6 Å². The van der Waals surface area contributed by atoms with E-state index in [0.29, 0.717) is 12.8 Å². The van der Waals surface area contributed by atoms with Gasteiger partial charge in [-0.15, -0.1) is 0 Å². The number of hydrogen-bond donors (Lipinski definition) is 0. The second kappa shape index (κ2) is 11.0. The van der Waals surface area contributed by atoms with Gasteiger partial charge in [0.2, 0.25) is 0 Å². The van der Waals surface area contributed by atoms with Gasteiger partial charge in [-0.2, -0.15) is 0 Å². The molecule has 0 unspecified atom stereocenters. The van der Waals surface area contributed by atoms with Gasteiger partial charge in [-0.3, -0.25) is 4.99 Å². The Hall–Kier alpha value is -4.24. The molecule has 5 aromatic rings. The fraction of sp³-hybridized carbons (Fsp3) is 0.200. The van der Waals surface area contributed by atoms with Crippen LogP contribution in [-0.4, -0.2) is 23.3 Å². The quantitative estimate of drug-likeness (QED) is 0.129. The molecule has 3 heteroatoms. The van der Waals surface area contributed by atoms with Crippen LogP contribution in [0.25, 0.3) is 21.5 Å². The van der Waals surface area contributed by atoms with Gasteiger partial charge in [0, 0.05) is 11.1 Å². The van der Waals surface area contributed by atoms with Gasteiger partial charge in [-0.25, -0.2) is 4.79 Å². The first kappa shape index (κ1) is 25.4. The van der Waals surface area contributed by atoms with Crippen LogP contribution in [0.3, 0.4) is 0 Å². The van der Waals surface area contributed by atoms with Crippen molar-refractivity contribution in [2.75, 3.05) is 0 Å². The number of aryl methyl sites for hydroxylation is 1. The van der Waals surface area contributed by atoms with Gasteiger partial charge in [0.25, 0.3) is 0 Å². The van der Waals surface area contributed by atoms with Crippen molar-refractivity contribution in [2.24, 2.45) is 4.99 Å². The predicted molar refractivity (Wildman–Crippen MR) is 158 cm³/mol. The molecule has 0 saturated heterocycles. The zero-order valence-corrected chi connectivity index (χ0v) is 22.2. The summed E-state index contributed by atoms with van der Waals surface area (Å²) in [5.41, 5.74) is 3.38. The van der Waals surface area contributed by atoms with E-state index in [9.17, 15) is 4.79 Å². The molecular weight excluding hydrogens is 466 g/mol. The highest BCUT2D eigenvalue weighted by Gasteiger charge is 2.26. The topological polar surface area (TPSA) is 38.7 Å². The molecule has 0 aliphatic heterocycles. The van der Waals surface area contributed by atoms with Crippen molar-refractivity contribution < 1.29 is 9.53 Å². The SMILES string of the molecule is CC(C)(C)OC(=O)[C@H](CCc1c2ccccc2cc2ccccc12)N=C(c1ccccc1)c1ccccc1. The normalized spacial score (nSPS) is 12.3. The van der Waals surface area contributed by atoms with Crippen molar-refractivity contribution in [3.05, 3.63) is 132 Å². The van der Waals surface area contributed by atoms with E-state index in [0.717, 1.165) is 16.8 Å². The lowest BCUT2D eigenvalue weighted by Gasteiger charge is -2.23. The molecule has 0 saturated carbocycles. The van der Waals surface area contributed by atoms with Crippen molar-refractivity contribution in [3.8, 4) is 0 Å². The van der Waals surface area contributed by atoms with Crippen LogP contribution in [0.5, 0.6) is 0 Å². The number of fused-ring (bicyclic) bond motifs is 2. The summed E-state index contributed by atoms with van der Waals surface area (Å²) in [5, 5.41) is 4.83. The third-order valence-corrected chi connectivity index (χ3v) is 6.61. The second-order valence-corrected chi connectivity index (χ2v) is 10.6. The van der Waals surface area contributed by atoms with E-state index in [-0.39, 0.29) is 5.97 Å². The number of rotatable bonds is 7. The molecule has 0 heterocycles. The molecular formula is C35H33NO2. The molecule has 0 aromatic heterocycles. The summed E-state index contributed by atoms with van der Waals surface area (Å²) >= 11 is 0. The lowest BCUT2D eigenvalue weighted by atomic mass is 9.92. The van der Waals surface area contributed by atoms with Gasteiger partial charge >= 0.3 is 5.97 Å². The summed E-state index contributed by atoms with van der Waals surface area (Å²) in [5.74, 6) is -0.300. The van der Waals surface area contributed by atoms with E-state index in [1.54, 1.807) is 0 Å². The second-order valence-electron chi connectivity index (χ2n) is 10.6. The summed E-state index contributed by atoms with van der Waals surface area (Å²) < 4.78 is 5.89. The Balaban J connectivity index is 1.59. The van der Waals surface area contributed by atoms with E-state index in [1.165, 1.54) is 27.1 Å². The summed E-state index contributed by atoms with van der Waals surface area (Å²) in [4.78, 5) is 18.7. The Labute approximate surface area is 224 Å². The molecule has 0 aliphatic rings. The average molecular weight is 500 g/mol. The molecule has 0 bridgehead atoms. The van der Waals surface area contributed by atoms with Crippen LogP contribution in [0, 0.1) is 0 Å². The third-order valence-electron chi connectivity index (χ3n) is 6.61. The first-order chi connectivity index (χ1) is 18.4. The lowest BCUT2D eigenvalue weighted by Crippen LogP contribution is -2.32. The molecule has 5 aromatic carbocycles. The highest BCUT2D eigenvalue weighted by molar-refractivity contribution is 6.13. The molecule has 190 valence electrons. The van der Waals surface area contributed by atoms with Gasteiger partial charge in [-0.05, 0) is 66.8 Å². The Morgan fingerprint density at radius 1 is 0.711 bits per heavy atom. The van der Waals surface area contributed by atoms with Crippen LogP contribution in [0.4, 0.5) is 0 Å². The predicted octanol–water partition coefficient (Wildman–Crippen LogP) is 8.17. The minimum atomic E-state index is -0.651. The van der Waals surface area contributed by atoms with Crippen molar-refractivity contribution in [1.82, 2.24) is 0 Å². The fourth-order valence-electron chi connectivity index (χ4n) is 4.93. The number of aliphatic imine (C=N–C) groups is 1. The maximum Gasteiger partial charge on any atom is 0.331 e. The molecule has 0 aliphatic carbocycles. The summed E-state index contributed by atoms with van der Waals surface area (Å²) in [6, 6.07) is 38.6. The van der Waals surface area contributed by atoms with E-state index >= 15 is 0 Å². The average Bonchev–Trinajstić information content (AvgIpc) is 2.92. The third kappa shape index (κ3) is 5.84. The summed E-state index contributed by atoms with van der Waals surface area (Å²) in [6.07, 6.45) is 1.24. The van der Waals surface area contributed by atoms with Crippen molar-refractivity contribution >= 4 is 33.2 Å². The number of carbonyl (C=O) groups excluding carboxylic acids is 1. The van der Waals surface area contributed by atoms with Gasteiger partial charge < -0.3 is 4.74 Å². The van der Waals surface area contributed by atoms with E-state index in [4.69, 9.17) is 9.73 Å². The van der Waals surface area contributed by atoms with Crippen LogP contribution in [0.15, 0.2) is 120 Å². The summed E-state index contributed by atoms with van der Waals surface area (Å²) in [7, 11) is 0. The Bertz CT molecular complexity index is 1490. The van der Waals surface area contributed by atoms with Crippen LogP contribution >= 0.6 is 0 Å². The maximum atomic E-state index is 13.6. The number of carbonyl (C=O) groups is 1. The molecule has 0 spiro atoms. The number of nitrogens with zero attached hydrogens (tertiary/aromatic N) is 1. The minimum Gasteiger partial charge on any atom is -0.458 e. The van der Waals surface area contributed by atoms with E-state index in [1.807, 2.05) is 81.4 Å². The lowest BCUT2D eigenvalue weighted by molar-refractivity contribution is -0.156. The zero-order chi connectivity index (χ0) is 26.5. The Kier molecular flexibility index (Phi) is 7.37.